The van der Waals surface area contributed by atoms with Gasteiger partial charge in [-0.1, -0.05) is 12.1 Å². The van der Waals surface area contributed by atoms with E-state index in [2.05, 4.69) is 5.10 Å². The van der Waals surface area contributed by atoms with Gasteiger partial charge in [0.2, 0.25) is 0 Å². The first-order valence-electron chi connectivity index (χ1n) is 9.99. The highest BCUT2D eigenvalue weighted by Gasteiger charge is 2.47. The van der Waals surface area contributed by atoms with Crippen LogP contribution in [0.25, 0.3) is 0 Å². The Balaban J connectivity index is 2.09. The number of methoxy groups -OCH3 is 1. The minimum absolute atomic E-state index is 0.171. The van der Waals surface area contributed by atoms with Crippen molar-refractivity contribution in [1.29, 1.82) is 0 Å². The molecule has 1 fully saturated rings. The van der Waals surface area contributed by atoms with E-state index in [1.807, 2.05) is 20.8 Å². The summed E-state index contributed by atoms with van der Waals surface area (Å²) in [5.41, 5.74) is -1.04. The molecule has 7 nitrogen and oxygen atoms in total. The van der Waals surface area contributed by atoms with Crippen molar-refractivity contribution in [3.63, 3.8) is 0 Å². The van der Waals surface area contributed by atoms with Crippen LogP contribution in [0.2, 0.25) is 0 Å². The van der Waals surface area contributed by atoms with Gasteiger partial charge in [0.1, 0.15) is 11.9 Å². The Labute approximate surface area is 185 Å². The Kier molecular flexibility index (Phi) is 6.09. The molecule has 1 aromatic carbocycles. The number of carbonyl (C=O) groups excluding carboxylic acids is 1. The number of aromatic nitrogens is 2. The summed E-state index contributed by atoms with van der Waals surface area (Å²) in [6, 6.07) is 4.84. The molecule has 0 amide bonds. The lowest BCUT2D eigenvalue weighted by Gasteiger charge is -2.30. The number of esters is 1. The number of benzene rings is 1. The number of carbonyl (C=O) groups is 1. The zero-order valence-electron chi connectivity index (χ0n) is 18.5. The molecule has 1 saturated heterocycles. The molecule has 0 saturated carbocycles. The number of ether oxygens (including phenoxy) is 1. The molecule has 1 aliphatic rings. The number of hydrogen-bond acceptors (Lipinski definition) is 6. The van der Waals surface area contributed by atoms with E-state index in [1.54, 1.807) is 22.6 Å². The average molecular weight is 474 g/mol. The lowest BCUT2D eigenvalue weighted by atomic mass is 10.1. The van der Waals surface area contributed by atoms with Gasteiger partial charge in [-0.3, -0.25) is 0 Å². The van der Waals surface area contributed by atoms with Crippen LogP contribution in [0.5, 0.6) is 0 Å². The standard InChI is InChI=1S/C21H26F3N3O4S/c1-13-10-18(27(25-13)20(2,3)4)26-12-14(11-16(26)19(28)31-5)32(29,30)17-9-7-6-8-15(17)21(22,23)24/h6-10,14,16H,11-12H2,1-5H3/t14-,16?/m1/s1. The maximum atomic E-state index is 13.5. The number of nitrogens with zero attached hydrogens (tertiary/aromatic N) is 3. The molecule has 1 unspecified atom stereocenters. The van der Waals surface area contributed by atoms with Crippen molar-refractivity contribution in [2.75, 3.05) is 18.6 Å². The second kappa shape index (κ2) is 8.09. The molecular weight excluding hydrogens is 447 g/mol. The summed E-state index contributed by atoms with van der Waals surface area (Å²) in [6.45, 7) is 7.30. The van der Waals surface area contributed by atoms with Gasteiger partial charge in [-0.15, -0.1) is 0 Å². The van der Waals surface area contributed by atoms with Crippen molar-refractivity contribution >= 4 is 21.6 Å². The van der Waals surface area contributed by atoms with E-state index in [-0.39, 0.29) is 13.0 Å². The van der Waals surface area contributed by atoms with E-state index in [9.17, 15) is 26.4 Å². The van der Waals surface area contributed by atoms with Gasteiger partial charge in [0.25, 0.3) is 0 Å². The number of hydrogen-bond donors (Lipinski definition) is 0. The average Bonchev–Trinajstić information content (AvgIpc) is 3.30. The fourth-order valence-corrected chi connectivity index (χ4v) is 5.86. The third-order valence-corrected chi connectivity index (χ3v) is 7.60. The van der Waals surface area contributed by atoms with Gasteiger partial charge in [0.05, 0.1) is 34.1 Å². The molecule has 0 spiro atoms. The van der Waals surface area contributed by atoms with Crippen LogP contribution in [0, 0.1) is 6.92 Å². The first kappa shape index (κ1) is 24.1. The zero-order chi connectivity index (χ0) is 24.1. The van der Waals surface area contributed by atoms with Crippen molar-refractivity contribution in [2.45, 2.75) is 62.0 Å². The molecule has 1 aromatic heterocycles. The molecule has 32 heavy (non-hydrogen) atoms. The van der Waals surface area contributed by atoms with E-state index in [0.29, 0.717) is 11.5 Å². The Morgan fingerprint density at radius 1 is 1.19 bits per heavy atom. The van der Waals surface area contributed by atoms with Crippen LogP contribution < -0.4 is 4.90 Å². The van der Waals surface area contributed by atoms with Gasteiger partial charge < -0.3 is 9.64 Å². The first-order valence-corrected chi connectivity index (χ1v) is 11.5. The molecule has 3 rings (SSSR count). The van der Waals surface area contributed by atoms with Crippen LogP contribution >= 0.6 is 0 Å². The van der Waals surface area contributed by atoms with E-state index >= 15 is 0 Å². The predicted molar refractivity (Wildman–Crippen MR) is 112 cm³/mol. The number of anilines is 1. The van der Waals surface area contributed by atoms with E-state index < -0.39 is 49.3 Å². The van der Waals surface area contributed by atoms with Gasteiger partial charge in [-0.05, 0) is 46.2 Å². The van der Waals surface area contributed by atoms with Crippen molar-refractivity contribution in [2.24, 2.45) is 0 Å². The van der Waals surface area contributed by atoms with E-state index in [0.717, 1.165) is 18.2 Å². The summed E-state index contributed by atoms with van der Waals surface area (Å²) in [4.78, 5) is 13.3. The summed E-state index contributed by atoms with van der Waals surface area (Å²) in [6.07, 6.45) is -5.03. The first-order chi connectivity index (χ1) is 14.7. The fourth-order valence-electron chi connectivity index (χ4n) is 3.95. The maximum Gasteiger partial charge on any atom is 0.417 e. The smallest absolute Gasteiger partial charge is 0.417 e. The summed E-state index contributed by atoms with van der Waals surface area (Å²) >= 11 is 0. The highest BCUT2D eigenvalue weighted by Crippen LogP contribution is 2.39. The minimum atomic E-state index is -4.83. The number of sulfone groups is 1. The van der Waals surface area contributed by atoms with Gasteiger partial charge in [-0.25, -0.2) is 17.9 Å². The second-order valence-corrected chi connectivity index (χ2v) is 11.0. The van der Waals surface area contributed by atoms with Gasteiger partial charge in [0, 0.05) is 12.6 Å². The topological polar surface area (TPSA) is 81.5 Å². The van der Waals surface area contributed by atoms with Crippen LogP contribution in [0.3, 0.4) is 0 Å². The number of rotatable bonds is 4. The molecule has 1 aliphatic heterocycles. The molecule has 2 atom stereocenters. The van der Waals surface area contributed by atoms with Gasteiger partial charge in [-0.2, -0.15) is 18.3 Å². The lowest BCUT2D eigenvalue weighted by molar-refractivity contribution is -0.142. The normalized spacial score (nSPS) is 19.9. The number of aryl methyl sites for hydroxylation is 1. The number of alkyl halides is 3. The molecule has 0 radical (unpaired) electrons. The Morgan fingerprint density at radius 2 is 1.81 bits per heavy atom. The largest absolute Gasteiger partial charge is 0.467 e. The molecule has 0 N–H and O–H groups in total. The molecule has 11 heteroatoms. The van der Waals surface area contributed by atoms with Crippen LogP contribution in [0.1, 0.15) is 38.4 Å². The van der Waals surface area contributed by atoms with Crippen LogP contribution in [0.4, 0.5) is 19.0 Å². The van der Waals surface area contributed by atoms with Crippen molar-refractivity contribution in [1.82, 2.24) is 9.78 Å². The van der Waals surface area contributed by atoms with Crippen LogP contribution in [0.15, 0.2) is 35.2 Å². The minimum Gasteiger partial charge on any atom is -0.467 e. The Morgan fingerprint density at radius 3 is 2.38 bits per heavy atom. The third-order valence-electron chi connectivity index (χ3n) is 5.42. The summed E-state index contributed by atoms with van der Waals surface area (Å²) in [5, 5.41) is 3.23. The SMILES string of the molecule is COC(=O)C1C[C@@H](S(=O)(=O)c2ccccc2C(F)(F)F)CN1c1cc(C)nn1C(C)(C)C. The van der Waals surface area contributed by atoms with E-state index in [4.69, 9.17) is 4.74 Å². The van der Waals surface area contributed by atoms with Crippen molar-refractivity contribution in [3.8, 4) is 0 Å². The van der Waals surface area contributed by atoms with Gasteiger partial charge >= 0.3 is 12.1 Å². The third kappa shape index (κ3) is 4.35. The lowest BCUT2D eigenvalue weighted by Crippen LogP contribution is -2.40. The molecule has 0 aliphatic carbocycles. The number of halogens is 3. The zero-order valence-corrected chi connectivity index (χ0v) is 19.3. The fraction of sp³-hybridized carbons (Fsp3) is 0.524. The maximum absolute atomic E-state index is 13.5. The highest BCUT2D eigenvalue weighted by atomic mass is 32.2. The van der Waals surface area contributed by atoms with Crippen molar-refractivity contribution in [3.05, 3.63) is 41.6 Å². The summed E-state index contributed by atoms with van der Waals surface area (Å²) in [5.74, 6) is -0.154. The Hall–Kier alpha value is -2.56. The summed E-state index contributed by atoms with van der Waals surface area (Å²) < 4.78 is 73.7. The molecule has 2 aromatic rings. The molecular formula is C21H26F3N3O4S. The van der Waals surface area contributed by atoms with Crippen molar-refractivity contribution < 1.29 is 31.1 Å². The predicted octanol–water partition coefficient (Wildman–Crippen LogP) is 3.56. The molecule has 2 heterocycles. The second-order valence-electron chi connectivity index (χ2n) is 8.81. The monoisotopic (exact) mass is 473 g/mol. The van der Waals surface area contributed by atoms with Crippen LogP contribution in [-0.4, -0.2) is 49.1 Å². The quantitative estimate of drug-likeness (QED) is 0.632. The van der Waals surface area contributed by atoms with Crippen LogP contribution in [-0.2, 0) is 31.1 Å². The molecule has 176 valence electrons. The molecule has 0 bridgehead atoms. The van der Waals surface area contributed by atoms with Gasteiger partial charge in [0.15, 0.2) is 9.84 Å². The Bertz CT molecular complexity index is 1120. The summed E-state index contributed by atoms with van der Waals surface area (Å²) in [7, 11) is -3.22. The van der Waals surface area contributed by atoms with E-state index in [1.165, 1.54) is 13.2 Å². The highest BCUT2D eigenvalue weighted by molar-refractivity contribution is 7.92.